The summed E-state index contributed by atoms with van der Waals surface area (Å²) >= 11 is 1.28. The minimum atomic E-state index is -0.430. The molecule has 0 aliphatic carbocycles. The Labute approximate surface area is 118 Å². The molecule has 0 unspecified atom stereocenters. The maximum absolute atomic E-state index is 13.4. The van der Waals surface area contributed by atoms with Crippen molar-refractivity contribution in [2.75, 3.05) is 0 Å². The van der Waals surface area contributed by atoms with Gasteiger partial charge < -0.3 is 0 Å². The van der Waals surface area contributed by atoms with Gasteiger partial charge in [-0.2, -0.15) is 0 Å². The van der Waals surface area contributed by atoms with E-state index in [0.717, 1.165) is 4.70 Å². The average molecular weight is 288 g/mol. The SMILES string of the molecule is Cc1cc(F)cc(C(=O)c2cc3cc(F)ccc3s2)c1. The van der Waals surface area contributed by atoms with Crippen molar-refractivity contribution in [3.05, 3.63) is 70.1 Å². The first-order valence-corrected chi connectivity index (χ1v) is 6.85. The van der Waals surface area contributed by atoms with Crippen molar-refractivity contribution >= 4 is 27.2 Å². The number of halogens is 2. The number of rotatable bonds is 2. The first-order chi connectivity index (χ1) is 9.52. The van der Waals surface area contributed by atoms with Crippen molar-refractivity contribution < 1.29 is 13.6 Å². The van der Waals surface area contributed by atoms with E-state index in [4.69, 9.17) is 0 Å². The summed E-state index contributed by atoms with van der Waals surface area (Å²) in [5.41, 5.74) is 1.01. The van der Waals surface area contributed by atoms with E-state index in [1.54, 1.807) is 25.1 Å². The molecule has 0 aliphatic heterocycles. The van der Waals surface area contributed by atoms with Gasteiger partial charge in [0.25, 0.3) is 0 Å². The third kappa shape index (κ3) is 2.34. The van der Waals surface area contributed by atoms with Crippen molar-refractivity contribution in [2.45, 2.75) is 6.92 Å². The molecule has 1 heterocycles. The van der Waals surface area contributed by atoms with E-state index in [0.29, 0.717) is 21.4 Å². The van der Waals surface area contributed by atoms with Crippen LogP contribution < -0.4 is 0 Å². The van der Waals surface area contributed by atoms with Crippen LogP contribution >= 0.6 is 11.3 Å². The predicted octanol–water partition coefficient (Wildman–Crippen LogP) is 4.72. The molecule has 0 atom stereocenters. The number of thiophene rings is 1. The predicted molar refractivity (Wildman–Crippen MR) is 76.4 cm³/mol. The van der Waals surface area contributed by atoms with E-state index in [1.165, 1.54) is 35.6 Å². The number of hydrogen-bond donors (Lipinski definition) is 0. The molecule has 20 heavy (non-hydrogen) atoms. The highest BCUT2D eigenvalue weighted by molar-refractivity contribution is 7.21. The summed E-state index contributed by atoms with van der Waals surface area (Å²) in [6, 6.07) is 10.3. The molecular formula is C16H10F2OS. The molecule has 100 valence electrons. The van der Waals surface area contributed by atoms with E-state index in [-0.39, 0.29) is 11.6 Å². The van der Waals surface area contributed by atoms with Gasteiger partial charge in [-0.3, -0.25) is 4.79 Å². The summed E-state index contributed by atoms with van der Waals surface area (Å²) in [7, 11) is 0. The van der Waals surface area contributed by atoms with Crippen LogP contribution in [0.2, 0.25) is 0 Å². The largest absolute Gasteiger partial charge is 0.288 e. The summed E-state index contributed by atoms with van der Waals surface area (Å²) < 4.78 is 27.3. The van der Waals surface area contributed by atoms with Crippen molar-refractivity contribution in [1.29, 1.82) is 0 Å². The van der Waals surface area contributed by atoms with E-state index >= 15 is 0 Å². The van der Waals surface area contributed by atoms with Crippen molar-refractivity contribution in [1.82, 2.24) is 0 Å². The molecule has 2 aromatic carbocycles. The van der Waals surface area contributed by atoms with Gasteiger partial charge in [-0.25, -0.2) is 8.78 Å². The third-order valence-corrected chi connectivity index (χ3v) is 4.12. The zero-order valence-electron chi connectivity index (χ0n) is 10.6. The lowest BCUT2D eigenvalue weighted by molar-refractivity contribution is 0.104. The fraction of sp³-hybridized carbons (Fsp3) is 0.0625. The molecule has 1 nitrogen and oxygen atoms in total. The van der Waals surface area contributed by atoms with Crippen LogP contribution in [0.15, 0.2) is 42.5 Å². The fourth-order valence-electron chi connectivity index (χ4n) is 2.14. The monoisotopic (exact) mass is 288 g/mol. The van der Waals surface area contributed by atoms with Gasteiger partial charge in [0, 0.05) is 10.3 Å². The van der Waals surface area contributed by atoms with Gasteiger partial charge in [-0.1, -0.05) is 0 Å². The number of carbonyl (C=O) groups is 1. The molecule has 0 radical (unpaired) electrons. The van der Waals surface area contributed by atoms with Crippen molar-refractivity contribution in [3.63, 3.8) is 0 Å². The Hall–Kier alpha value is -2.07. The lowest BCUT2D eigenvalue weighted by Crippen LogP contribution is -1.99. The van der Waals surface area contributed by atoms with Crippen LogP contribution in [-0.4, -0.2) is 5.78 Å². The molecule has 3 rings (SSSR count). The molecule has 0 spiro atoms. The molecule has 4 heteroatoms. The Morgan fingerprint density at radius 3 is 2.55 bits per heavy atom. The van der Waals surface area contributed by atoms with Crippen LogP contribution in [0.3, 0.4) is 0 Å². The van der Waals surface area contributed by atoms with Gasteiger partial charge in [0.15, 0.2) is 0 Å². The molecule has 0 amide bonds. The standard InChI is InChI=1S/C16H10F2OS/c1-9-4-11(7-13(18)5-9)16(19)15-8-10-6-12(17)2-3-14(10)20-15/h2-8H,1H3. The van der Waals surface area contributed by atoms with Crippen LogP contribution in [0.25, 0.3) is 10.1 Å². The Bertz CT molecular complexity index is 800. The minimum absolute atomic E-state index is 0.241. The minimum Gasteiger partial charge on any atom is -0.288 e. The van der Waals surface area contributed by atoms with Gasteiger partial charge in [0.1, 0.15) is 11.6 Å². The molecule has 0 fully saturated rings. The zero-order chi connectivity index (χ0) is 14.3. The smallest absolute Gasteiger partial charge is 0.203 e. The fourth-order valence-corrected chi connectivity index (χ4v) is 3.14. The normalized spacial score (nSPS) is 10.9. The maximum Gasteiger partial charge on any atom is 0.203 e. The molecule has 0 N–H and O–H groups in total. The zero-order valence-corrected chi connectivity index (χ0v) is 11.4. The quantitative estimate of drug-likeness (QED) is 0.624. The first-order valence-electron chi connectivity index (χ1n) is 6.04. The van der Waals surface area contributed by atoms with Gasteiger partial charge in [-0.15, -0.1) is 11.3 Å². The van der Waals surface area contributed by atoms with Crippen LogP contribution in [0.5, 0.6) is 0 Å². The number of aryl methyl sites for hydroxylation is 1. The molecule has 1 aromatic heterocycles. The van der Waals surface area contributed by atoms with E-state index in [2.05, 4.69) is 0 Å². The molecule has 0 saturated carbocycles. The molecular weight excluding hydrogens is 278 g/mol. The lowest BCUT2D eigenvalue weighted by Gasteiger charge is -2.00. The topological polar surface area (TPSA) is 17.1 Å². The lowest BCUT2D eigenvalue weighted by atomic mass is 10.1. The van der Waals surface area contributed by atoms with Gasteiger partial charge in [0.05, 0.1) is 4.88 Å². The van der Waals surface area contributed by atoms with E-state index in [1.807, 2.05) is 0 Å². The van der Waals surface area contributed by atoms with Crippen molar-refractivity contribution in [3.8, 4) is 0 Å². The summed E-state index contributed by atoms with van der Waals surface area (Å²) in [5, 5.41) is 0.687. The van der Waals surface area contributed by atoms with E-state index < -0.39 is 5.82 Å². The highest BCUT2D eigenvalue weighted by atomic mass is 32.1. The first kappa shape index (κ1) is 12.9. The second-order valence-corrected chi connectivity index (χ2v) is 5.72. The summed E-state index contributed by atoms with van der Waals surface area (Å²) in [6.07, 6.45) is 0. The van der Waals surface area contributed by atoms with Crippen molar-refractivity contribution in [2.24, 2.45) is 0 Å². The van der Waals surface area contributed by atoms with Crippen LogP contribution in [0.1, 0.15) is 20.8 Å². The number of carbonyl (C=O) groups excluding carboxylic acids is 1. The molecule has 0 saturated heterocycles. The van der Waals surface area contributed by atoms with Crippen LogP contribution in [0, 0.1) is 18.6 Å². The third-order valence-electron chi connectivity index (χ3n) is 3.01. The molecule has 0 aliphatic rings. The van der Waals surface area contributed by atoms with Gasteiger partial charge in [-0.05, 0) is 60.3 Å². The second kappa shape index (κ2) is 4.80. The molecule has 3 aromatic rings. The second-order valence-electron chi connectivity index (χ2n) is 4.64. The van der Waals surface area contributed by atoms with Gasteiger partial charge >= 0.3 is 0 Å². The Morgan fingerprint density at radius 1 is 1.00 bits per heavy atom. The summed E-state index contributed by atoms with van der Waals surface area (Å²) in [5.74, 6) is -1.01. The Balaban J connectivity index is 2.07. The van der Waals surface area contributed by atoms with Crippen LogP contribution in [0.4, 0.5) is 8.78 Å². The summed E-state index contributed by atoms with van der Waals surface area (Å²) in [4.78, 5) is 12.8. The number of fused-ring (bicyclic) bond motifs is 1. The highest BCUT2D eigenvalue weighted by Gasteiger charge is 2.14. The number of hydrogen-bond acceptors (Lipinski definition) is 2. The highest BCUT2D eigenvalue weighted by Crippen LogP contribution is 2.28. The average Bonchev–Trinajstić information content (AvgIpc) is 2.79. The van der Waals surface area contributed by atoms with Gasteiger partial charge in [0.2, 0.25) is 5.78 Å². The Kier molecular flexibility index (Phi) is 3.10. The summed E-state index contributed by atoms with van der Waals surface area (Å²) in [6.45, 7) is 1.74. The molecule has 0 bridgehead atoms. The number of benzene rings is 2. The Morgan fingerprint density at radius 2 is 1.80 bits per heavy atom. The maximum atomic E-state index is 13.4. The number of ketones is 1. The van der Waals surface area contributed by atoms with E-state index in [9.17, 15) is 13.6 Å². The van der Waals surface area contributed by atoms with Crippen LogP contribution in [-0.2, 0) is 0 Å².